The van der Waals surface area contributed by atoms with Crippen LogP contribution in [0.1, 0.15) is 71.1 Å². The fourth-order valence-electron chi connectivity index (χ4n) is 5.81. The number of benzene rings is 1. The number of amides is 2. The molecule has 2 saturated carbocycles. The molecule has 37 heavy (non-hydrogen) atoms. The van der Waals surface area contributed by atoms with E-state index in [2.05, 4.69) is 10.3 Å². The van der Waals surface area contributed by atoms with Gasteiger partial charge in [-0.05, 0) is 67.7 Å². The first-order valence-electron chi connectivity index (χ1n) is 12.7. The number of nitrogens with one attached hydrogen (secondary N) is 1. The molecule has 2 aliphatic carbocycles. The first kappa shape index (κ1) is 24.3. The number of carbonyl (C=O) groups is 2. The van der Waals surface area contributed by atoms with E-state index in [9.17, 15) is 27.2 Å². The van der Waals surface area contributed by atoms with Gasteiger partial charge in [0.05, 0.1) is 30.4 Å². The van der Waals surface area contributed by atoms with Gasteiger partial charge in [0.1, 0.15) is 11.9 Å². The average Bonchev–Trinajstić information content (AvgIpc) is 3.62. The molecule has 196 valence electrons. The van der Waals surface area contributed by atoms with Gasteiger partial charge in [0.2, 0.25) is 5.91 Å². The molecule has 4 fully saturated rings. The summed E-state index contributed by atoms with van der Waals surface area (Å²) in [4.78, 5) is 33.1. The highest BCUT2D eigenvalue weighted by Crippen LogP contribution is 2.45. The monoisotopic (exact) mass is 517 g/mol. The molecular weight excluding hydrogens is 490 g/mol. The molecule has 10 heteroatoms. The van der Waals surface area contributed by atoms with E-state index < -0.39 is 35.5 Å². The standard InChI is InChI=1S/C27H27F4N3O3/c28-21-9-19(27(29,30)31)4-5-20(21)24(18-12-37-13-18)33-25(35)23-8-15-3-6-22(15)34(23)26(36)17-7-16(10-32-11-17)14-1-2-14/h4-5,7,9-11,14-15,18,22-24H,1-3,6,8,12-13H2,(H,33,35)/t15-,22-,23-,24-/m1/s1. The second-order valence-electron chi connectivity index (χ2n) is 10.7. The number of hydrogen-bond donors (Lipinski definition) is 1. The topological polar surface area (TPSA) is 71.5 Å². The van der Waals surface area contributed by atoms with Crippen LogP contribution in [-0.4, -0.2) is 47.0 Å². The summed E-state index contributed by atoms with van der Waals surface area (Å²) in [5, 5.41) is 2.87. The third kappa shape index (κ3) is 4.49. The van der Waals surface area contributed by atoms with Crippen LogP contribution in [0.3, 0.4) is 0 Å². The lowest BCUT2D eigenvalue weighted by Gasteiger charge is -2.38. The Bertz CT molecular complexity index is 1230. The van der Waals surface area contributed by atoms with E-state index in [1.54, 1.807) is 11.1 Å². The minimum Gasteiger partial charge on any atom is -0.381 e. The largest absolute Gasteiger partial charge is 0.416 e. The Morgan fingerprint density at radius 2 is 1.86 bits per heavy atom. The third-order valence-electron chi connectivity index (χ3n) is 8.28. The Morgan fingerprint density at radius 3 is 2.46 bits per heavy atom. The molecule has 4 aliphatic rings. The Kier molecular flexibility index (Phi) is 5.97. The van der Waals surface area contributed by atoms with Crippen LogP contribution in [0, 0.1) is 17.7 Å². The molecule has 6 rings (SSSR count). The summed E-state index contributed by atoms with van der Waals surface area (Å²) >= 11 is 0. The number of alkyl halides is 3. The van der Waals surface area contributed by atoms with E-state index in [1.165, 1.54) is 6.20 Å². The van der Waals surface area contributed by atoms with Crippen molar-refractivity contribution < 1.29 is 31.9 Å². The summed E-state index contributed by atoms with van der Waals surface area (Å²) in [5.41, 5.74) is 0.371. The van der Waals surface area contributed by atoms with Crippen LogP contribution in [0.4, 0.5) is 17.6 Å². The quantitative estimate of drug-likeness (QED) is 0.568. The van der Waals surface area contributed by atoms with Crippen LogP contribution in [0.5, 0.6) is 0 Å². The normalized spacial score (nSPS) is 26.2. The fraction of sp³-hybridized carbons (Fsp3) is 0.519. The SMILES string of the molecule is O=C(N[C@@H](c1ccc(C(F)(F)F)cc1F)C1COC1)[C@H]1C[C@H]2CC[C@H]2N1C(=O)c1cncc(C2CC2)c1. The van der Waals surface area contributed by atoms with E-state index in [0.717, 1.165) is 43.4 Å². The molecular formula is C27H27F4N3O3. The summed E-state index contributed by atoms with van der Waals surface area (Å²) in [6.07, 6.45) is 3.01. The fourth-order valence-corrected chi connectivity index (χ4v) is 5.81. The van der Waals surface area contributed by atoms with Crippen molar-refractivity contribution in [1.29, 1.82) is 0 Å². The van der Waals surface area contributed by atoms with Crippen LogP contribution in [0.15, 0.2) is 36.7 Å². The average molecular weight is 518 g/mol. The van der Waals surface area contributed by atoms with Gasteiger partial charge in [-0.25, -0.2) is 4.39 Å². The van der Waals surface area contributed by atoms with E-state index in [4.69, 9.17) is 4.74 Å². The molecule has 2 amide bonds. The number of aromatic nitrogens is 1. The number of likely N-dealkylation sites (tertiary alicyclic amines) is 1. The van der Waals surface area contributed by atoms with Gasteiger partial charge in [-0.1, -0.05) is 6.07 Å². The second kappa shape index (κ2) is 9.08. The van der Waals surface area contributed by atoms with Crippen LogP contribution >= 0.6 is 0 Å². The summed E-state index contributed by atoms with van der Waals surface area (Å²) < 4.78 is 59.3. The maximum absolute atomic E-state index is 14.9. The first-order valence-corrected chi connectivity index (χ1v) is 12.7. The minimum atomic E-state index is -4.67. The van der Waals surface area contributed by atoms with Crippen molar-refractivity contribution in [2.24, 2.45) is 11.8 Å². The maximum Gasteiger partial charge on any atom is 0.416 e. The van der Waals surface area contributed by atoms with Gasteiger partial charge in [-0.15, -0.1) is 0 Å². The van der Waals surface area contributed by atoms with E-state index in [-0.39, 0.29) is 42.6 Å². The van der Waals surface area contributed by atoms with Crippen molar-refractivity contribution in [2.75, 3.05) is 13.2 Å². The highest BCUT2D eigenvalue weighted by Gasteiger charge is 2.52. The Balaban J connectivity index is 1.25. The maximum atomic E-state index is 14.9. The molecule has 2 aliphatic heterocycles. The number of pyridine rings is 1. The summed E-state index contributed by atoms with van der Waals surface area (Å²) in [7, 11) is 0. The molecule has 0 unspecified atom stereocenters. The zero-order valence-electron chi connectivity index (χ0n) is 20.0. The first-order chi connectivity index (χ1) is 17.7. The second-order valence-corrected chi connectivity index (χ2v) is 10.7. The molecule has 0 bridgehead atoms. The molecule has 1 aromatic heterocycles. The number of rotatable bonds is 6. The Hall–Kier alpha value is -3.01. The molecule has 0 radical (unpaired) electrons. The Morgan fingerprint density at radius 1 is 1.08 bits per heavy atom. The highest BCUT2D eigenvalue weighted by molar-refractivity contribution is 5.98. The van der Waals surface area contributed by atoms with Crippen LogP contribution in [0.2, 0.25) is 0 Å². The Labute approximate surface area is 211 Å². The molecule has 0 spiro atoms. The lowest BCUT2D eigenvalue weighted by Crippen LogP contribution is -2.53. The molecule has 6 nitrogen and oxygen atoms in total. The number of halogens is 4. The zero-order valence-corrected chi connectivity index (χ0v) is 20.0. The zero-order chi connectivity index (χ0) is 25.9. The number of nitrogens with zero attached hydrogens (tertiary/aromatic N) is 2. The van der Waals surface area contributed by atoms with E-state index in [1.807, 2.05) is 6.07 Å². The number of carbonyl (C=O) groups excluding carboxylic acids is 2. The van der Waals surface area contributed by atoms with E-state index >= 15 is 0 Å². The number of hydrogen-bond acceptors (Lipinski definition) is 4. The van der Waals surface area contributed by atoms with Crippen molar-refractivity contribution in [3.63, 3.8) is 0 Å². The van der Waals surface area contributed by atoms with Gasteiger partial charge in [-0.3, -0.25) is 14.6 Å². The summed E-state index contributed by atoms with van der Waals surface area (Å²) in [6, 6.07) is 2.58. The van der Waals surface area contributed by atoms with Crippen molar-refractivity contribution in [3.05, 3.63) is 64.7 Å². The van der Waals surface area contributed by atoms with Crippen LogP contribution in [0.25, 0.3) is 0 Å². The van der Waals surface area contributed by atoms with Crippen LogP contribution < -0.4 is 5.32 Å². The molecule has 3 heterocycles. The van der Waals surface area contributed by atoms with Gasteiger partial charge >= 0.3 is 6.18 Å². The van der Waals surface area contributed by atoms with Crippen molar-refractivity contribution in [1.82, 2.24) is 15.2 Å². The van der Waals surface area contributed by atoms with Gasteiger partial charge in [0, 0.05) is 29.9 Å². The van der Waals surface area contributed by atoms with E-state index in [0.29, 0.717) is 24.0 Å². The molecule has 4 atom stereocenters. The van der Waals surface area contributed by atoms with Gasteiger partial charge in [0.15, 0.2) is 0 Å². The van der Waals surface area contributed by atoms with Gasteiger partial charge in [0.25, 0.3) is 5.91 Å². The summed E-state index contributed by atoms with van der Waals surface area (Å²) in [6.45, 7) is 0.507. The number of fused-ring (bicyclic) bond motifs is 1. The molecule has 1 aromatic carbocycles. The molecule has 2 aromatic rings. The number of ether oxygens (including phenoxy) is 1. The van der Waals surface area contributed by atoms with Crippen molar-refractivity contribution in [2.45, 2.75) is 62.3 Å². The van der Waals surface area contributed by atoms with Crippen molar-refractivity contribution in [3.8, 4) is 0 Å². The lowest BCUT2D eigenvalue weighted by molar-refractivity contribution is -0.138. The summed E-state index contributed by atoms with van der Waals surface area (Å²) in [5.74, 6) is -1.34. The smallest absolute Gasteiger partial charge is 0.381 e. The predicted octanol–water partition coefficient (Wildman–Crippen LogP) is 4.61. The lowest BCUT2D eigenvalue weighted by atomic mass is 9.80. The minimum absolute atomic E-state index is 0.0187. The highest BCUT2D eigenvalue weighted by atomic mass is 19.4. The van der Waals surface area contributed by atoms with Gasteiger partial charge in [-0.2, -0.15) is 13.2 Å². The van der Waals surface area contributed by atoms with Crippen molar-refractivity contribution >= 4 is 11.8 Å². The van der Waals surface area contributed by atoms with Gasteiger partial charge < -0.3 is 15.0 Å². The molecule has 1 N–H and O–H groups in total. The predicted molar refractivity (Wildman–Crippen MR) is 124 cm³/mol. The third-order valence-corrected chi connectivity index (χ3v) is 8.28. The molecule has 2 saturated heterocycles. The van der Waals surface area contributed by atoms with Crippen LogP contribution in [-0.2, 0) is 15.7 Å².